The third-order valence-corrected chi connectivity index (χ3v) is 5.09. The molecule has 0 spiro atoms. The van der Waals surface area contributed by atoms with E-state index in [9.17, 15) is 4.79 Å². The maximum absolute atomic E-state index is 12.4. The lowest BCUT2D eigenvalue weighted by Crippen LogP contribution is -2.19. The number of aliphatic imine (C=N–C) groups is 1. The minimum atomic E-state index is -0.197. The fraction of sp³-hybridized carbons (Fsp3) is 0.273. The van der Waals surface area contributed by atoms with Crippen molar-refractivity contribution in [1.82, 2.24) is 5.32 Å². The van der Waals surface area contributed by atoms with E-state index in [1.807, 2.05) is 58.0 Å². The number of amidine groups is 1. The van der Waals surface area contributed by atoms with Crippen LogP contribution in [-0.2, 0) is 4.79 Å². The molecule has 1 aliphatic heterocycles. The first kappa shape index (κ1) is 21.3. The van der Waals surface area contributed by atoms with Crippen LogP contribution in [0.15, 0.2) is 46.3 Å². The Hall–Kier alpha value is -2.44. The number of aryl methyl sites for hydroxylation is 1. The maximum Gasteiger partial charge on any atom is 0.264 e. The first-order chi connectivity index (χ1) is 13.9. The number of nitrogens with zero attached hydrogens (tertiary/aromatic N) is 1. The number of ether oxygens (including phenoxy) is 2. The van der Waals surface area contributed by atoms with Gasteiger partial charge in [0, 0.05) is 0 Å². The van der Waals surface area contributed by atoms with E-state index in [2.05, 4.69) is 10.3 Å². The molecule has 1 saturated heterocycles. The molecule has 0 aromatic heterocycles. The number of hydrogen-bond donors (Lipinski definition) is 1. The maximum atomic E-state index is 12.4. The average molecular weight is 431 g/mol. The quantitative estimate of drug-likeness (QED) is 0.595. The van der Waals surface area contributed by atoms with Crippen LogP contribution in [0.3, 0.4) is 0 Å². The van der Waals surface area contributed by atoms with Gasteiger partial charge in [-0.3, -0.25) is 4.79 Å². The van der Waals surface area contributed by atoms with Crippen LogP contribution in [0.1, 0.15) is 31.9 Å². The summed E-state index contributed by atoms with van der Waals surface area (Å²) in [4.78, 5) is 17.4. The topological polar surface area (TPSA) is 59.9 Å². The lowest BCUT2D eigenvalue weighted by molar-refractivity contribution is -0.115. The molecule has 0 aliphatic carbocycles. The molecule has 2 aromatic rings. The normalized spacial score (nSPS) is 16.6. The predicted molar refractivity (Wildman–Crippen MR) is 120 cm³/mol. The van der Waals surface area contributed by atoms with Crippen molar-refractivity contribution in [2.75, 3.05) is 6.61 Å². The van der Waals surface area contributed by atoms with Crippen LogP contribution in [0.4, 0.5) is 5.69 Å². The van der Waals surface area contributed by atoms with Gasteiger partial charge in [0.05, 0.1) is 28.3 Å². The summed E-state index contributed by atoms with van der Waals surface area (Å²) in [6.07, 6.45) is 1.73. The number of amides is 1. The van der Waals surface area contributed by atoms with E-state index in [0.717, 1.165) is 16.8 Å². The molecule has 0 unspecified atom stereocenters. The van der Waals surface area contributed by atoms with Gasteiger partial charge < -0.3 is 14.8 Å². The van der Waals surface area contributed by atoms with Crippen LogP contribution in [0.5, 0.6) is 11.5 Å². The molecule has 0 radical (unpaired) electrons. The van der Waals surface area contributed by atoms with E-state index in [4.69, 9.17) is 21.1 Å². The van der Waals surface area contributed by atoms with Crippen molar-refractivity contribution in [2.45, 2.75) is 33.8 Å². The van der Waals surface area contributed by atoms with E-state index >= 15 is 0 Å². The van der Waals surface area contributed by atoms with Crippen LogP contribution in [-0.4, -0.2) is 23.8 Å². The van der Waals surface area contributed by atoms with Gasteiger partial charge in [-0.15, -0.1) is 0 Å². The summed E-state index contributed by atoms with van der Waals surface area (Å²) in [6, 6.07) is 11.4. The average Bonchev–Trinajstić information content (AvgIpc) is 2.99. The standard InChI is InChI=1S/C22H23ClN2O3S/c1-5-27-18-11-15(10-17(23)20(18)28-13(2)3)12-19-21(26)25-22(29-19)24-16-8-6-14(4)7-9-16/h6-13H,5H2,1-4H3,(H,24,25,26)/b19-12+. The molecule has 1 heterocycles. The Labute approximate surface area is 180 Å². The van der Waals surface area contributed by atoms with Gasteiger partial charge in [0.2, 0.25) is 0 Å². The van der Waals surface area contributed by atoms with Crippen LogP contribution in [0, 0.1) is 6.92 Å². The minimum absolute atomic E-state index is 0.0346. The van der Waals surface area contributed by atoms with Crippen molar-refractivity contribution >= 4 is 46.2 Å². The summed E-state index contributed by atoms with van der Waals surface area (Å²) < 4.78 is 11.5. The Morgan fingerprint density at radius 3 is 2.62 bits per heavy atom. The van der Waals surface area contributed by atoms with Crippen LogP contribution in [0.2, 0.25) is 5.02 Å². The predicted octanol–water partition coefficient (Wildman–Crippen LogP) is 5.73. The van der Waals surface area contributed by atoms with Gasteiger partial charge >= 0.3 is 0 Å². The van der Waals surface area contributed by atoms with Crippen LogP contribution < -0.4 is 14.8 Å². The molecular weight excluding hydrogens is 408 g/mol. The van der Waals surface area contributed by atoms with Crippen molar-refractivity contribution in [1.29, 1.82) is 0 Å². The second-order valence-electron chi connectivity index (χ2n) is 6.75. The fourth-order valence-electron chi connectivity index (χ4n) is 2.65. The molecular formula is C22H23ClN2O3S. The molecule has 7 heteroatoms. The Morgan fingerprint density at radius 1 is 1.24 bits per heavy atom. The van der Waals surface area contributed by atoms with E-state index in [1.54, 1.807) is 12.1 Å². The SMILES string of the molecule is CCOc1cc(/C=C2/SC(=Nc3ccc(C)cc3)NC2=O)cc(Cl)c1OC(C)C. The number of benzene rings is 2. The molecule has 29 heavy (non-hydrogen) atoms. The zero-order chi connectivity index (χ0) is 21.0. The number of rotatable bonds is 6. The summed E-state index contributed by atoms with van der Waals surface area (Å²) in [7, 11) is 0. The fourth-order valence-corrected chi connectivity index (χ4v) is 3.76. The second kappa shape index (κ2) is 9.37. The molecule has 2 aromatic carbocycles. The smallest absolute Gasteiger partial charge is 0.264 e. The zero-order valence-corrected chi connectivity index (χ0v) is 18.4. The van der Waals surface area contributed by atoms with Crippen molar-refractivity contribution in [3.8, 4) is 11.5 Å². The number of hydrogen-bond acceptors (Lipinski definition) is 5. The van der Waals surface area contributed by atoms with Crippen molar-refractivity contribution < 1.29 is 14.3 Å². The van der Waals surface area contributed by atoms with E-state index < -0.39 is 0 Å². The van der Waals surface area contributed by atoms with Crippen molar-refractivity contribution in [2.24, 2.45) is 4.99 Å². The Bertz CT molecular complexity index is 969. The van der Waals surface area contributed by atoms with Gasteiger partial charge in [0.25, 0.3) is 5.91 Å². The molecule has 1 N–H and O–H groups in total. The lowest BCUT2D eigenvalue weighted by atomic mass is 10.1. The second-order valence-corrected chi connectivity index (χ2v) is 8.18. The summed E-state index contributed by atoms with van der Waals surface area (Å²) in [5.41, 5.74) is 2.70. The highest BCUT2D eigenvalue weighted by Gasteiger charge is 2.24. The van der Waals surface area contributed by atoms with Gasteiger partial charge in [-0.2, -0.15) is 0 Å². The summed E-state index contributed by atoms with van der Waals surface area (Å²) >= 11 is 7.71. The third kappa shape index (κ3) is 5.55. The van der Waals surface area contributed by atoms with Gasteiger partial charge in [0.1, 0.15) is 0 Å². The highest BCUT2D eigenvalue weighted by atomic mass is 35.5. The number of thioether (sulfide) groups is 1. The van der Waals surface area contributed by atoms with Gasteiger partial charge in [0.15, 0.2) is 16.7 Å². The lowest BCUT2D eigenvalue weighted by Gasteiger charge is -2.16. The number of carbonyl (C=O) groups is 1. The molecule has 0 atom stereocenters. The van der Waals surface area contributed by atoms with E-state index in [0.29, 0.717) is 33.2 Å². The molecule has 152 valence electrons. The number of halogens is 1. The Kier molecular flexibility index (Phi) is 6.87. The minimum Gasteiger partial charge on any atom is -0.490 e. The van der Waals surface area contributed by atoms with Gasteiger partial charge in [-0.05, 0) is 75.4 Å². The Balaban J connectivity index is 1.87. The summed E-state index contributed by atoms with van der Waals surface area (Å²) in [5, 5.41) is 3.78. The first-order valence-electron chi connectivity index (χ1n) is 9.35. The van der Waals surface area contributed by atoms with Gasteiger partial charge in [-0.25, -0.2) is 4.99 Å². The number of carbonyl (C=O) groups excluding carboxylic acids is 1. The highest BCUT2D eigenvalue weighted by Crippen LogP contribution is 2.39. The third-order valence-electron chi connectivity index (χ3n) is 3.90. The van der Waals surface area contributed by atoms with Crippen LogP contribution >= 0.6 is 23.4 Å². The van der Waals surface area contributed by atoms with Crippen molar-refractivity contribution in [3.63, 3.8) is 0 Å². The monoisotopic (exact) mass is 430 g/mol. The van der Waals surface area contributed by atoms with E-state index in [-0.39, 0.29) is 12.0 Å². The molecule has 5 nitrogen and oxygen atoms in total. The zero-order valence-electron chi connectivity index (χ0n) is 16.8. The largest absolute Gasteiger partial charge is 0.490 e. The molecule has 1 fully saturated rings. The molecule has 0 saturated carbocycles. The molecule has 3 rings (SSSR count). The first-order valence-corrected chi connectivity index (χ1v) is 10.5. The summed E-state index contributed by atoms with van der Waals surface area (Å²) in [6.45, 7) is 8.25. The highest BCUT2D eigenvalue weighted by molar-refractivity contribution is 8.18. The summed E-state index contributed by atoms with van der Waals surface area (Å²) in [5.74, 6) is 0.866. The molecule has 1 amide bonds. The molecule has 1 aliphatic rings. The van der Waals surface area contributed by atoms with Gasteiger partial charge in [-0.1, -0.05) is 29.3 Å². The molecule has 0 bridgehead atoms. The van der Waals surface area contributed by atoms with Crippen molar-refractivity contribution in [3.05, 3.63) is 57.5 Å². The Morgan fingerprint density at radius 2 is 1.97 bits per heavy atom. The number of nitrogens with one attached hydrogen (secondary N) is 1. The van der Waals surface area contributed by atoms with E-state index in [1.165, 1.54) is 11.8 Å². The van der Waals surface area contributed by atoms with Crippen LogP contribution in [0.25, 0.3) is 6.08 Å².